The Hall–Kier alpha value is -3.37. The van der Waals surface area contributed by atoms with Gasteiger partial charge in [-0.15, -0.1) is 0 Å². The van der Waals surface area contributed by atoms with E-state index in [0.717, 1.165) is 15.8 Å². The topological polar surface area (TPSA) is 74.3 Å². The second-order valence-corrected chi connectivity index (χ2v) is 6.07. The van der Waals surface area contributed by atoms with Crippen molar-refractivity contribution in [2.75, 3.05) is 0 Å². The highest BCUT2D eigenvalue weighted by molar-refractivity contribution is 6.30. The van der Waals surface area contributed by atoms with E-state index in [9.17, 15) is 4.79 Å². The molecule has 0 atom stereocenters. The highest BCUT2D eigenvalue weighted by Crippen LogP contribution is 2.13. The SMILES string of the molecule is C/C(C#Cc1ccc(Cl)cc1)=N\OCc1ccccc1-n1nnn(C)c1=O. The average Bonchev–Trinajstić information content (AvgIpc) is 3.00. The zero-order chi connectivity index (χ0) is 19.2. The minimum Gasteiger partial charge on any atom is -0.390 e. The summed E-state index contributed by atoms with van der Waals surface area (Å²) in [5, 5.41) is 12.2. The normalized spacial score (nSPS) is 11.0. The second kappa shape index (κ2) is 8.34. The third-order valence-corrected chi connectivity index (χ3v) is 3.85. The number of rotatable bonds is 4. The molecule has 0 saturated heterocycles. The van der Waals surface area contributed by atoms with Crippen molar-refractivity contribution in [2.24, 2.45) is 12.2 Å². The van der Waals surface area contributed by atoms with Gasteiger partial charge in [0.25, 0.3) is 0 Å². The Morgan fingerprint density at radius 3 is 2.63 bits per heavy atom. The molecule has 7 nitrogen and oxygen atoms in total. The van der Waals surface area contributed by atoms with Gasteiger partial charge in [0.1, 0.15) is 12.3 Å². The number of para-hydroxylation sites is 1. The van der Waals surface area contributed by atoms with E-state index in [1.807, 2.05) is 30.3 Å². The minimum atomic E-state index is -0.337. The Morgan fingerprint density at radius 2 is 1.93 bits per heavy atom. The van der Waals surface area contributed by atoms with Gasteiger partial charge in [0, 0.05) is 23.2 Å². The molecule has 1 heterocycles. The maximum Gasteiger partial charge on any atom is 0.368 e. The molecule has 8 heteroatoms. The van der Waals surface area contributed by atoms with Crippen molar-refractivity contribution in [1.29, 1.82) is 0 Å². The maximum atomic E-state index is 12.1. The van der Waals surface area contributed by atoms with Crippen molar-refractivity contribution < 1.29 is 4.84 Å². The number of hydrogen-bond donors (Lipinski definition) is 0. The van der Waals surface area contributed by atoms with Crippen LogP contribution in [0.1, 0.15) is 18.1 Å². The molecule has 0 amide bonds. The number of halogens is 1. The van der Waals surface area contributed by atoms with E-state index in [1.54, 1.807) is 25.1 Å². The zero-order valence-corrected chi connectivity index (χ0v) is 15.5. The molecular formula is C19H16ClN5O2. The summed E-state index contributed by atoms with van der Waals surface area (Å²) in [7, 11) is 1.54. The molecule has 0 aliphatic rings. The first-order valence-electron chi connectivity index (χ1n) is 8.06. The molecule has 0 unspecified atom stereocenters. The molecule has 0 radical (unpaired) electrons. The van der Waals surface area contributed by atoms with Gasteiger partial charge in [-0.1, -0.05) is 40.9 Å². The van der Waals surface area contributed by atoms with Crippen LogP contribution in [-0.2, 0) is 18.5 Å². The molecule has 0 saturated carbocycles. The van der Waals surface area contributed by atoms with Crippen LogP contribution in [0.2, 0.25) is 5.02 Å². The molecule has 0 aliphatic heterocycles. The van der Waals surface area contributed by atoms with E-state index in [-0.39, 0.29) is 12.3 Å². The number of tetrazole rings is 1. The summed E-state index contributed by atoms with van der Waals surface area (Å²) in [5.74, 6) is 5.90. The van der Waals surface area contributed by atoms with Gasteiger partial charge in [0.05, 0.1) is 5.69 Å². The van der Waals surface area contributed by atoms with Gasteiger partial charge < -0.3 is 4.84 Å². The lowest BCUT2D eigenvalue weighted by atomic mass is 10.2. The van der Waals surface area contributed by atoms with E-state index in [1.165, 1.54) is 11.7 Å². The summed E-state index contributed by atoms with van der Waals surface area (Å²) in [6.45, 7) is 1.92. The molecule has 0 bridgehead atoms. The highest BCUT2D eigenvalue weighted by Gasteiger charge is 2.10. The van der Waals surface area contributed by atoms with Crippen LogP contribution in [0.5, 0.6) is 0 Å². The molecule has 0 N–H and O–H groups in total. The van der Waals surface area contributed by atoms with Crippen molar-refractivity contribution in [3.63, 3.8) is 0 Å². The van der Waals surface area contributed by atoms with Crippen LogP contribution in [0.3, 0.4) is 0 Å². The fraction of sp³-hybridized carbons (Fsp3) is 0.158. The molecule has 136 valence electrons. The van der Waals surface area contributed by atoms with Crippen LogP contribution < -0.4 is 5.69 Å². The molecule has 2 aromatic carbocycles. The summed E-state index contributed by atoms with van der Waals surface area (Å²) in [5.41, 5.74) is 2.37. The Morgan fingerprint density at radius 1 is 1.19 bits per heavy atom. The molecule has 0 fully saturated rings. The van der Waals surface area contributed by atoms with Gasteiger partial charge in [-0.2, -0.15) is 9.36 Å². The summed E-state index contributed by atoms with van der Waals surface area (Å²) >= 11 is 5.85. The van der Waals surface area contributed by atoms with Crippen LogP contribution in [0, 0.1) is 11.8 Å². The average molecular weight is 382 g/mol. The molecule has 0 spiro atoms. The van der Waals surface area contributed by atoms with Gasteiger partial charge in [0.15, 0.2) is 0 Å². The standard InChI is InChI=1S/C19H16ClN5O2/c1-14(7-8-15-9-11-17(20)12-10-15)21-27-13-16-5-3-4-6-18(16)25-19(26)24(2)22-23-25/h3-6,9-12H,13H2,1-2H3/b21-14+. The molecule has 3 aromatic rings. The lowest BCUT2D eigenvalue weighted by Gasteiger charge is -2.06. The molecule has 3 rings (SSSR count). The Balaban J connectivity index is 1.71. The number of nitrogens with zero attached hydrogens (tertiary/aromatic N) is 5. The van der Waals surface area contributed by atoms with Crippen molar-refractivity contribution in [3.05, 3.63) is 75.2 Å². The van der Waals surface area contributed by atoms with Crippen LogP contribution in [0.15, 0.2) is 58.5 Å². The third kappa shape index (κ3) is 4.63. The predicted octanol–water partition coefficient (Wildman–Crippen LogP) is 2.56. The Labute approximate surface area is 160 Å². The van der Waals surface area contributed by atoms with Gasteiger partial charge >= 0.3 is 5.69 Å². The van der Waals surface area contributed by atoms with Crippen molar-refractivity contribution in [1.82, 2.24) is 19.8 Å². The summed E-state index contributed by atoms with van der Waals surface area (Å²) in [6, 6.07) is 14.5. The fourth-order valence-electron chi connectivity index (χ4n) is 2.22. The molecule has 1 aromatic heterocycles. The van der Waals surface area contributed by atoms with E-state index < -0.39 is 0 Å². The van der Waals surface area contributed by atoms with Gasteiger partial charge in [-0.3, -0.25) is 0 Å². The van der Waals surface area contributed by atoms with Crippen LogP contribution >= 0.6 is 11.6 Å². The highest BCUT2D eigenvalue weighted by atomic mass is 35.5. The molecule has 0 aliphatic carbocycles. The fourth-order valence-corrected chi connectivity index (χ4v) is 2.35. The smallest absolute Gasteiger partial charge is 0.368 e. The van der Waals surface area contributed by atoms with E-state index in [4.69, 9.17) is 16.4 Å². The zero-order valence-electron chi connectivity index (χ0n) is 14.8. The van der Waals surface area contributed by atoms with Gasteiger partial charge in [0.2, 0.25) is 0 Å². The van der Waals surface area contributed by atoms with Crippen molar-refractivity contribution >= 4 is 17.3 Å². The number of benzene rings is 2. The lowest BCUT2D eigenvalue weighted by Crippen LogP contribution is -2.22. The maximum absolute atomic E-state index is 12.1. The summed E-state index contributed by atoms with van der Waals surface area (Å²) in [4.78, 5) is 17.4. The van der Waals surface area contributed by atoms with Crippen molar-refractivity contribution in [2.45, 2.75) is 13.5 Å². The Bertz CT molecular complexity index is 1090. The summed E-state index contributed by atoms with van der Waals surface area (Å²) in [6.07, 6.45) is 0. The third-order valence-electron chi connectivity index (χ3n) is 3.59. The van der Waals surface area contributed by atoms with Crippen LogP contribution in [0.25, 0.3) is 5.69 Å². The first kappa shape index (κ1) is 18.4. The Kier molecular flexibility index (Phi) is 5.69. The van der Waals surface area contributed by atoms with E-state index in [2.05, 4.69) is 27.4 Å². The first-order chi connectivity index (χ1) is 13.0. The minimum absolute atomic E-state index is 0.166. The number of oxime groups is 1. The quantitative estimate of drug-likeness (QED) is 0.395. The van der Waals surface area contributed by atoms with Gasteiger partial charge in [-0.05, 0) is 53.6 Å². The molecule has 27 heavy (non-hydrogen) atoms. The predicted molar refractivity (Wildman–Crippen MR) is 103 cm³/mol. The largest absolute Gasteiger partial charge is 0.390 e. The first-order valence-corrected chi connectivity index (χ1v) is 8.44. The van der Waals surface area contributed by atoms with Crippen molar-refractivity contribution in [3.8, 4) is 17.5 Å². The number of hydrogen-bond acceptors (Lipinski definition) is 5. The number of aromatic nitrogens is 4. The van der Waals surface area contributed by atoms with Crippen LogP contribution in [-0.4, -0.2) is 25.5 Å². The lowest BCUT2D eigenvalue weighted by molar-refractivity contribution is 0.130. The van der Waals surface area contributed by atoms with Gasteiger partial charge in [-0.25, -0.2) is 4.79 Å². The number of aryl methyl sites for hydroxylation is 1. The monoisotopic (exact) mass is 381 g/mol. The van der Waals surface area contributed by atoms with E-state index >= 15 is 0 Å². The second-order valence-electron chi connectivity index (χ2n) is 5.63. The van der Waals surface area contributed by atoms with Crippen LogP contribution in [0.4, 0.5) is 0 Å². The van der Waals surface area contributed by atoms with E-state index in [0.29, 0.717) is 16.4 Å². The molecular weight excluding hydrogens is 366 g/mol. The summed E-state index contributed by atoms with van der Waals surface area (Å²) < 4.78 is 2.38.